The van der Waals surface area contributed by atoms with Crippen LogP contribution in [0.2, 0.25) is 0 Å². The first-order valence-corrected chi connectivity index (χ1v) is 7.56. The minimum Gasteiger partial charge on any atom is -0.0844 e. The molecular weight excluding hydrogens is 228 g/mol. The van der Waals surface area contributed by atoms with E-state index < -0.39 is 0 Å². The molecule has 0 N–H and O–H groups in total. The van der Waals surface area contributed by atoms with Gasteiger partial charge in [-0.1, -0.05) is 48.6 Å². The zero-order valence-corrected chi connectivity index (χ0v) is 11.6. The van der Waals surface area contributed by atoms with E-state index in [1.54, 1.807) is 0 Å². The molecule has 0 fully saturated rings. The van der Waals surface area contributed by atoms with Gasteiger partial charge in [-0.25, -0.2) is 0 Å². The summed E-state index contributed by atoms with van der Waals surface area (Å²) in [5, 5.41) is 0. The van der Waals surface area contributed by atoms with Crippen molar-refractivity contribution in [3.8, 4) is 0 Å². The van der Waals surface area contributed by atoms with Crippen LogP contribution in [0.25, 0.3) is 0 Å². The van der Waals surface area contributed by atoms with Gasteiger partial charge in [0.2, 0.25) is 0 Å². The van der Waals surface area contributed by atoms with E-state index in [1.807, 2.05) is 0 Å². The highest BCUT2D eigenvalue weighted by atomic mass is 14.2. The first kappa shape index (κ1) is 12.5. The Balaban J connectivity index is 1.94. The lowest BCUT2D eigenvalue weighted by Crippen LogP contribution is -2.01. The molecule has 0 bridgehead atoms. The van der Waals surface area contributed by atoms with Gasteiger partial charge in [-0.3, -0.25) is 0 Å². The van der Waals surface area contributed by atoms with Crippen LogP contribution in [0.1, 0.15) is 44.9 Å². The summed E-state index contributed by atoms with van der Waals surface area (Å²) in [6.07, 6.45) is 27.1. The minimum absolute atomic E-state index is 1.10. The average Bonchev–Trinajstić information content (AvgIpc) is 2.75. The SMILES string of the molecule is C1=CCCC(C2=CCCCC=C2C2=CCC=CC2)=C1. The summed E-state index contributed by atoms with van der Waals surface area (Å²) in [5.41, 5.74) is 6.10. The molecule has 3 aliphatic carbocycles. The van der Waals surface area contributed by atoms with Gasteiger partial charge in [-0.15, -0.1) is 0 Å². The molecule has 0 heteroatoms. The van der Waals surface area contributed by atoms with E-state index in [1.165, 1.54) is 54.4 Å². The Morgan fingerprint density at radius 2 is 1.58 bits per heavy atom. The van der Waals surface area contributed by atoms with Crippen LogP contribution >= 0.6 is 0 Å². The smallest absolute Gasteiger partial charge is 0.00944 e. The molecule has 0 nitrogen and oxygen atoms in total. The van der Waals surface area contributed by atoms with Crippen molar-refractivity contribution in [1.82, 2.24) is 0 Å². The van der Waals surface area contributed by atoms with Crippen molar-refractivity contribution in [2.24, 2.45) is 0 Å². The van der Waals surface area contributed by atoms with E-state index in [-0.39, 0.29) is 0 Å². The average molecular weight is 250 g/mol. The van der Waals surface area contributed by atoms with E-state index in [0.717, 1.165) is 12.8 Å². The molecule has 0 unspecified atom stereocenters. The van der Waals surface area contributed by atoms with Crippen molar-refractivity contribution in [1.29, 1.82) is 0 Å². The van der Waals surface area contributed by atoms with Crippen LogP contribution in [0, 0.1) is 0 Å². The quantitative estimate of drug-likeness (QED) is 0.561. The predicted molar refractivity (Wildman–Crippen MR) is 82.9 cm³/mol. The molecule has 0 atom stereocenters. The van der Waals surface area contributed by atoms with Crippen LogP contribution in [0.5, 0.6) is 0 Å². The Bertz CT molecular complexity index is 518. The van der Waals surface area contributed by atoms with Gasteiger partial charge in [0.15, 0.2) is 0 Å². The van der Waals surface area contributed by atoms with E-state index in [0.29, 0.717) is 0 Å². The molecule has 0 saturated carbocycles. The maximum Gasteiger partial charge on any atom is -0.00944 e. The highest BCUT2D eigenvalue weighted by Crippen LogP contribution is 2.35. The summed E-state index contributed by atoms with van der Waals surface area (Å²) >= 11 is 0. The zero-order valence-electron chi connectivity index (χ0n) is 11.6. The topological polar surface area (TPSA) is 0 Å². The van der Waals surface area contributed by atoms with Gasteiger partial charge in [0.05, 0.1) is 0 Å². The van der Waals surface area contributed by atoms with Gasteiger partial charge < -0.3 is 0 Å². The maximum absolute atomic E-state index is 2.48. The highest BCUT2D eigenvalue weighted by Gasteiger charge is 2.16. The molecule has 0 saturated heterocycles. The molecule has 3 aliphatic rings. The molecule has 0 radical (unpaired) electrons. The Hall–Kier alpha value is -1.56. The van der Waals surface area contributed by atoms with Gasteiger partial charge in [0.1, 0.15) is 0 Å². The lowest BCUT2D eigenvalue weighted by molar-refractivity contribution is 0.872. The summed E-state index contributed by atoms with van der Waals surface area (Å²) in [4.78, 5) is 0. The van der Waals surface area contributed by atoms with Gasteiger partial charge >= 0.3 is 0 Å². The molecule has 0 heterocycles. The Kier molecular flexibility index (Phi) is 3.98. The molecule has 0 aliphatic heterocycles. The van der Waals surface area contributed by atoms with Crippen LogP contribution in [-0.4, -0.2) is 0 Å². The third-order valence-corrected chi connectivity index (χ3v) is 4.11. The van der Waals surface area contributed by atoms with Crippen LogP contribution in [-0.2, 0) is 0 Å². The minimum atomic E-state index is 1.10. The number of hydrogen-bond acceptors (Lipinski definition) is 0. The lowest BCUT2D eigenvalue weighted by atomic mass is 9.85. The first-order chi connectivity index (χ1) is 9.45. The molecule has 0 aromatic carbocycles. The Morgan fingerprint density at radius 1 is 0.737 bits per heavy atom. The molecular formula is C19H22. The second kappa shape index (κ2) is 6.06. The number of allylic oxidation sites excluding steroid dienone is 12. The Morgan fingerprint density at radius 3 is 2.26 bits per heavy atom. The Labute approximate surface area is 116 Å². The molecule has 3 rings (SSSR count). The van der Waals surface area contributed by atoms with Crippen molar-refractivity contribution >= 4 is 0 Å². The normalized spacial score (nSPS) is 23.2. The summed E-state index contributed by atoms with van der Waals surface area (Å²) in [5.74, 6) is 0. The van der Waals surface area contributed by atoms with Crippen LogP contribution < -0.4 is 0 Å². The molecule has 0 aromatic heterocycles. The van der Waals surface area contributed by atoms with E-state index in [4.69, 9.17) is 0 Å². The van der Waals surface area contributed by atoms with Crippen LogP contribution in [0.4, 0.5) is 0 Å². The standard InChI is InChI=1S/C19H22/c1-4-10-16(11-5-1)18-14-8-3-9-15-19(18)17-12-6-2-7-13-17/h1-2,4,6,10,13-15H,3,5,7-9,11-12H2. The predicted octanol–water partition coefficient (Wildman–Crippen LogP) is 5.58. The van der Waals surface area contributed by atoms with E-state index in [2.05, 4.69) is 48.6 Å². The third kappa shape index (κ3) is 2.89. The van der Waals surface area contributed by atoms with Gasteiger partial charge in [0.25, 0.3) is 0 Å². The third-order valence-electron chi connectivity index (χ3n) is 4.11. The van der Waals surface area contributed by atoms with Crippen molar-refractivity contribution in [2.75, 3.05) is 0 Å². The van der Waals surface area contributed by atoms with E-state index in [9.17, 15) is 0 Å². The molecule has 0 aromatic rings. The van der Waals surface area contributed by atoms with Crippen molar-refractivity contribution in [3.63, 3.8) is 0 Å². The summed E-state index contributed by atoms with van der Waals surface area (Å²) in [6.45, 7) is 0. The van der Waals surface area contributed by atoms with Crippen molar-refractivity contribution < 1.29 is 0 Å². The molecule has 19 heavy (non-hydrogen) atoms. The van der Waals surface area contributed by atoms with Gasteiger partial charge in [0, 0.05) is 0 Å². The first-order valence-electron chi connectivity index (χ1n) is 7.56. The van der Waals surface area contributed by atoms with Crippen molar-refractivity contribution in [3.05, 3.63) is 70.9 Å². The van der Waals surface area contributed by atoms with Gasteiger partial charge in [-0.05, 0) is 67.2 Å². The largest absolute Gasteiger partial charge is 0.0844 e. The highest BCUT2D eigenvalue weighted by molar-refractivity contribution is 5.58. The van der Waals surface area contributed by atoms with Gasteiger partial charge in [-0.2, -0.15) is 0 Å². The van der Waals surface area contributed by atoms with Crippen molar-refractivity contribution in [2.45, 2.75) is 44.9 Å². The monoisotopic (exact) mass is 250 g/mol. The summed E-state index contributed by atoms with van der Waals surface area (Å²) in [6, 6.07) is 0. The van der Waals surface area contributed by atoms with E-state index >= 15 is 0 Å². The fourth-order valence-electron chi connectivity index (χ4n) is 3.09. The second-order valence-electron chi connectivity index (χ2n) is 5.47. The van der Waals surface area contributed by atoms with Crippen LogP contribution in [0.15, 0.2) is 70.9 Å². The van der Waals surface area contributed by atoms with Crippen LogP contribution in [0.3, 0.4) is 0 Å². The summed E-state index contributed by atoms with van der Waals surface area (Å²) in [7, 11) is 0. The molecule has 0 spiro atoms. The fraction of sp³-hybridized carbons (Fsp3) is 0.368. The maximum atomic E-state index is 2.48. The molecule has 0 amide bonds. The fourth-order valence-corrected chi connectivity index (χ4v) is 3.09. The second-order valence-corrected chi connectivity index (χ2v) is 5.47. The lowest BCUT2D eigenvalue weighted by Gasteiger charge is -2.20. The molecule has 98 valence electrons. The number of rotatable bonds is 2. The summed E-state index contributed by atoms with van der Waals surface area (Å²) < 4.78 is 0. The number of hydrogen-bond donors (Lipinski definition) is 0. The zero-order chi connectivity index (χ0) is 12.9.